The molecule has 1 aliphatic rings. The lowest BCUT2D eigenvalue weighted by molar-refractivity contribution is -0.116. The molecule has 128 valence electrons. The fraction of sp³-hybridized carbons (Fsp3) is 0.211. The Morgan fingerprint density at radius 3 is 2.56 bits per heavy atom. The molecule has 1 heterocycles. The van der Waals surface area contributed by atoms with Crippen molar-refractivity contribution in [3.63, 3.8) is 0 Å². The fourth-order valence-corrected chi connectivity index (χ4v) is 2.40. The van der Waals surface area contributed by atoms with Crippen LogP contribution in [0.1, 0.15) is 30.1 Å². The van der Waals surface area contributed by atoms with Crippen LogP contribution < -0.4 is 15.1 Å². The van der Waals surface area contributed by atoms with Crippen molar-refractivity contribution in [3.8, 4) is 5.75 Å². The molecule has 6 nitrogen and oxygen atoms in total. The highest BCUT2D eigenvalue weighted by atomic mass is 16.5. The Kier molecular flexibility index (Phi) is 5.09. The van der Waals surface area contributed by atoms with Crippen LogP contribution in [0.25, 0.3) is 0 Å². The van der Waals surface area contributed by atoms with Gasteiger partial charge < -0.3 is 10.1 Å². The third-order valence-electron chi connectivity index (χ3n) is 3.62. The second-order valence-electron chi connectivity index (χ2n) is 5.59. The number of hydrogen-bond acceptors (Lipinski definition) is 4. The zero-order valence-corrected chi connectivity index (χ0v) is 13.9. The molecule has 3 rings (SSSR count). The van der Waals surface area contributed by atoms with Crippen LogP contribution in [0.3, 0.4) is 0 Å². The van der Waals surface area contributed by atoms with Gasteiger partial charge in [-0.05, 0) is 42.8 Å². The van der Waals surface area contributed by atoms with Gasteiger partial charge in [-0.2, -0.15) is 10.1 Å². The molecule has 0 aliphatic carbocycles. The van der Waals surface area contributed by atoms with Gasteiger partial charge in [-0.25, -0.2) is 0 Å². The Hall–Kier alpha value is -3.15. The predicted molar refractivity (Wildman–Crippen MR) is 95.7 cm³/mol. The minimum Gasteiger partial charge on any atom is -0.494 e. The van der Waals surface area contributed by atoms with E-state index in [1.807, 2.05) is 25.1 Å². The summed E-state index contributed by atoms with van der Waals surface area (Å²) in [5.74, 6) is 0.584. The van der Waals surface area contributed by atoms with E-state index in [9.17, 15) is 9.59 Å². The summed E-state index contributed by atoms with van der Waals surface area (Å²) < 4.78 is 5.49. The van der Waals surface area contributed by atoms with Gasteiger partial charge in [0, 0.05) is 5.56 Å². The van der Waals surface area contributed by atoms with E-state index >= 15 is 0 Å². The minimum atomic E-state index is -0.302. The minimum absolute atomic E-state index is 0.0678. The van der Waals surface area contributed by atoms with Crippen molar-refractivity contribution < 1.29 is 14.3 Å². The smallest absolute Gasteiger partial charge is 0.256 e. The molecule has 0 saturated carbocycles. The van der Waals surface area contributed by atoms with Gasteiger partial charge in [-0.1, -0.05) is 25.1 Å². The Morgan fingerprint density at radius 2 is 1.88 bits per heavy atom. The highest BCUT2D eigenvalue weighted by Crippen LogP contribution is 2.19. The normalized spacial score (nSPS) is 13.6. The van der Waals surface area contributed by atoms with Gasteiger partial charge in [0.1, 0.15) is 11.6 Å². The molecule has 0 aromatic heterocycles. The number of hydrazone groups is 1. The molecule has 2 aromatic carbocycles. The summed E-state index contributed by atoms with van der Waals surface area (Å²) in [5, 5.41) is 8.21. The number of hydrogen-bond donors (Lipinski definition) is 1. The molecule has 0 bridgehead atoms. The van der Waals surface area contributed by atoms with Crippen LogP contribution in [-0.4, -0.2) is 24.3 Å². The molecule has 25 heavy (non-hydrogen) atoms. The third kappa shape index (κ3) is 4.03. The maximum absolute atomic E-state index is 12.3. The van der Waals surface area contributed by atoms with E-state index in [1.165, 1.54) is 5.01 Å². The molecule has 6 heteroatoms. The average Bonchev–Trinajstić information content (AvgIpc) is 3.01. The number of carbonyl (C=O) groups excluding carboxylic acids is 2. The van der Waals surface area contributed by atoms with Crippen LogP contribution in [0.4, 0.5) is 5.69 Å². The van der Waals surface area contributed by atoms with Crippen molar-refractivity contribution in [2.45, 2.75) is 19.8 Å². The van der Waals surface area contributed by atoms with E-state index in [4.69, 9.17) is 4.74 Å². The van der Waals surface area contributed by atoms with Crippen LogP contribution in [0, 0.1) is 0 Å². The van der Waals surface area contributed by atoms with E-state index in [1.54, 1.807) is 36.4 Å². The number of nitrogens with one attached hydrogen (secondary N) is 1. The summed E-state index contributed by atoms with van der Waals surface area (Å²) in [5.41, 5.74) is 1.16. The van der Waals surface area contributed by atoms with Gasteiger partial charge in [0.15, 0.2) is 0 Å². The van der Waals surface area contributed by atoms with Gasteiger partial charge in [0.05, 0.1) is 18.7 Å². The van der Waals surface area contributed by atoms with Crippen LogP contribution in [0.5, 0.6) is 5.75 Å². The van der Waals surface area contributed by atoms with Crippen LogP contribution in [0.2, 0.25) is 0 Å². The topological polar surface area (TPSA) is 71.0 Å². The first-order chi connectivity index (χ1) is 12.2. The number of ether oxygens (including phenoxy) is 1. The molecule has 0 radical (unpaired) electrons. The van der Waals surface area contributed by atoms with Crippen LogP contribution in [-0.2, 0) is 4.79 Å². The highest BCUT2D eigenvalue weighted by Gasteiger charge is 2.26. The number of rotatable bonds is 5. The predicted octanol–water partition coefficient (Wildman–Crippen LogP) is 2.96. The van der Waals surface area contributed by atoms with Gasteiger partial charge >= 0.3 is 0 Å². The summed E-state index contributed by atoms with van der Waals surface area (Å²) >= 11 is 0. The quantitative estimate of drug-likeness (QED) is 0.912. The van der Waals surface area contributed by atoms with Gasteiger partial charge in [0.25, 0.3) is 11.8 Å². The van der Waals surface area contributed by atoms with Crippen LogP contribution in [0.15, 0.2) is 59.7 Å². The number of amides is 2. The number of anilines is 1. The molecule has 1 aliphatic heterocycles. The first-order valence-corrected chi connectivity index (χ1v) is 8.17. The first-order valence-electron chi connectivity index (χ1n) is 8.17. The van der Waals surface area contributed by atoms with Crippen LogP contribution >= 0.6 is 0 Å². The van der Waals surface area contributed by atoms with E-state index in [-0.39, 0.29) is 18.2 Å². The number of para-hydroxylation sites is 1. The lowest BCUT2D eigenvalue weighted by Gasteiger charge is -2.10. The third-order valence-corrected chi connectivity index (χ3v) is 3.62. The van der Waals surface area contributed by atoms with Crippen molar-refractivity contribution in [1.29, 1.82) is 0 Å². The van der Waals surface area contributed by atoms with E-state index < -0.39 is 0 Å². The van der Waals surface area contributed by atoms with Crippen molar-refractivity contribution in [2.24, 2.45) is 5.10 Å². The number of nitrogens with zero attached hydrogens (tertiary/aromatic N) is 2. The van der Waals surface area contributed by atoms with Crippen molar-refractivity contribution in [3.05, 3.63) is 60.2 Å². The monoisotopic (exact) mass is 337 g/mol. The summed E-state index contributed by atoms with van der Waals surface area (Å²) in [4.78, 5) is 24.4. The summed E-state index contributed by atoms with van der Waals surface area (Å²) in [6.45, 7) is 2.67. The summed E-state index contributed by atoms with van der Waals surface area (Å²) in [6, 6.07) is 16.0. The van der Waals surface area contributed by atoms with Crippen molar-refractivity contribution >= 4 is 23.3 Å². The second kappa shape index (κ2) is 7.61. The number of amidine groups is 1. The molecule has 2 aromatic rings. The molecular formula is C19H19N3O3. The molecular weight excluding hydrogens is 318 g/mol. The SMILES string of the molecule is CCCOc1ccc(C(=O)NC2=NN(c3ccccc3)C(=O)C2)cc1. The lowest BCUT2D eigenvalue weighted by atomic mass is 10.2. The average molecular weight is 337 g/mol. The number of carbonyl (C=O) groups is 2. The Bertz CT molecular complexity index is 785. The zero-order chi connectivity index (χ0) is 17.6. The highest BCUT2D eigenvalue weighted by molar-refractivity contribution is 6.17. The lowest BCUT2D eigenvalue weighted by Crippen LogP contribution is -2.29. The Balaban J connectivity index is 1.66. The first kappa shape index (κ1) is 16.7. The summed E-state index contributed by atoms with van der Waals surface area (Å²) in [7, 11) is 0. The fourth-order valence-electron chi connectivity index (χ4n) is 2.40. The number of benzene rings is 2. The largest absolute Gasteiger partial charge is 0.494 e. The molecule has 2 amide bonds. The Labute approximate surface area is 146 Å². The molecule has 0 unspecified atom stereocenters. The molecule has 0 saturated heterocycles. The standard InChI is InChI=1S/C19H19N3O3/c1-2-12-25-16-10-8-14(9-11-16)19(24)20-17-13-18(23)22(21-17)15-6-4-3-5-7-15/h3-11H,2,12-13H2,1H3,(H,20,21,24). The van der Waals surface area contributed by atoms with E-state index in [0.717, 1.165) is 12.2 Å². The van der Waals surface area contributed by atoms with E-state index in [2.05, 4.69) is 10.4 Å². The molecule has 0 atom stereocenters. The van der Waals surface area contributed by atoms with Gasteiger partial charge in [0.2, 0.25) is 0 Å². The van der Waals surface area contributed by atoms with E-state index in [0.29, 0.717) is 23.7 Å². The van der Waals surface area contributed by atoms with Gasteiger partial charge in [-0.15, -0.1) is 0 Å². The molecule has 0 fully saturated rings. The molecule has 0 spiro atoms. The van der Waals surface area contributed by atoms with Crippen molar-refractivity contribution in [1.82, 2.24) is 5.32 Å². The maximum atomic E-state index is 12.3. The zero-order valence-electron chi connectivity index (χ0n) is 13.9. The maximum Gasteiger partial charge on any atom is 0.256 e. The second-order valence-corrected chi connectivity index (χ2v) is 5.59. The molecule has 1 N–H and O–H groups in total. The van der Waals surface area contributed by atoms with Gasteiger partial charge in [-0.3, -0.25) is 9.59 Å². The summed E-state index contributed by atoms with van der Waals surface area (Å²) in [6.07, 6.45) is 0.992. The van der Waals surface area contributed by atoms with Crippen molar-refractivity contribution in [2.75, 3.05) is 11.6 Å². The Morgan fingerprint density at radius 1 is 1.16 bits per heavy atom.